The van der Waals surface area contributed by atoms with Crippen molar-refractivity contribution in [3.8, 4) is 0 Å². The van der Waals surface area contributed by atoms with Gasteiger partial charge in [0.1, 0.15) is 11.6 Å². The number of aromatic amines is 1. The Morgan fingerprint density at radius 1 is 1.39 bits per heavy atom. The van der Waals surface area contributed by atoms with Crippen LogP contribution in [0.25, 0.3) is 0 Å². The second-order valence-corrected chi connectivity index (χ2v) is 3.86. The zero-order chi connectivity index (χ0) is 12.8. The van der Waals surface area contributed by atoms with Crippen LogP contribution < -0.4 is 11.1 Å². The molecule has 0 fully saturated rings. The van der Waals surface area contributed by atoms with E-state index in [1.54, 1.807) is 24.5 Å². The molecule has 2 aromatic heterocycles. The van der Waals surface area contributed by atoms with Crippen molar-refractivity contribution in [3.05, 3.63) is 42.1 Å². The summed E-state index contributed by atoms with van der Waals surface area (Å²) in [4.78, 5) is 22.7. The first-order chi connectivity index (χ1) is 8.75. The molecule has 0 aliphatic heterocycles. The van der Waals surface area contributed by atoms with Gasteiger partial charge in [0.15, 0.2) is 0 Å². The predicted molar refractivity (Wildman–Crippen MR) is 67.9 cm³/mol. The fourth-order valence-corrected chi connectivity index (χ4v) is 1.58. The number of nitrogens with one attached hydrogen (secondary N) is 2. The highest BCUT2D eigenvalue weighted by molar-refractivity contribution is 5.94. The number of aromatic nitrogens is 3. The summed E-state index contributed by atoms with van der Waals surface area (Å²) in [5, 5.41) is 2.82. The van der Waals surface area contributed by atoms with Crippen molar-refractivity contribution in [2.24, 2.45) is 0 Å². The molecule has 4 N–H and O–H groups in total. The van der Waals surface area contributed by atoms with Crippen LogP contribution in [0.15, 0.2) is 30.7 Å². The summed E-state index contributed by atoms with van der Waals surface area (Å²) < 4.78 is 0. The Balaban J connectivity index is 1.75. The highest BCUT2D eigenvalue weighted by atomic mass is 16.1. The van der Waals surface area contributed by atoms with Crippen molar-refractivity contribution in [2.75, 3.05) is 12.3 Å². The maximum absolute atomic E-state index is 11.7. The molecular weight excluding hydrogens is 230 g/mol. The zero-order valence-electron chi connectivity index (χ0n) is 9.89. The highest BCUT2D eigenvalue weighted by Crippen LogP contribution is 2.02. The maximum Gasteiger partial charge on any atom is 0.251 e. The number of pyridine rings is 1. The smallest absolute Gasteiger partial charge is 0.251 e. The molecule has 18 heavy (non-hydrogen) atoms. The monoisotopic (exact) mass is 245 g/mol. The summed E-state index contributed by atoms with van der Waals surface area (Å²) in [6.45, 7) is 0.599. The van der Waals surface area contributed by atoms with Gasteiger partial charge in [0, 0.05) is 37.1 Å². The third kappa shape index (κ3) is 3.31. The number of imidazole rings is 1. The molecule has 0 spiro atoms. The molecule has 0 aromatic carbocycles. The van der Waals surface area contributed by atoms with Crippen molar-refractivity contribution in [3.63, 3.8) is 0 Å². The van der Waals surface area contributed by atoms with Crippen molar-refractivity contribution in [2.45, 2.75) is 12.8 Å². The highest BCUT2D eigenvalue weighted by Gasteiger charge is 2.05. The lowest BCUT2D eigenvalue weighted by molar-refractivity contribution is 0.0953. The minimum atomic E-state index is -0.136. The quantitative estimate of drug-likeness (QED) is 0.677. The van der Waals surface area contributed by atoms with Crippen LogP contribution in [0.2, 0.25) is 0 Å². The second kappa shape index (κ2) is 5.81. The summed E-state index contributed by atoms with van der Waals surface area (Å²) in [5.74, 6) is 1.14. The lowest BCUT2D eigenvalue weighted by atomic mass is 10.2. The first-order valence-corrected chi connectivity index (χ1v) is 5.73. The molecule has 0 aliphatic rings. The normalized spacial score (nSPS) is 10.2. The van der Waals surface area contributed by atoms with E-state index < -0.39 is 0 Å². The van der Waals surface area contributed by atoms with Crippen molar-refractivity contribution < 1.29 is 4.79 Å². The van der Waals surface area contributed by atoms with Gasteiger partial charge in [0.05, 0.1) is 0 Å². The van der Waals surface area contributed by atoms with Gasteiger partial charge in [-0.1, -0.05) is 0 Å². The topological polar surface area (TPSA) is 96.7 Å². The van der Waals surface area contributed by atoms with Gasteiger partial charge in [-0.15, -0.1) is 0 Å². The van der Waals surface area contributed by atoms with Crippen LogP contribution in [-0.2, 0) is 6.42 Å². The first-order valence-electron chi connectivity index (χ1n) is 5.73. The Labute approximate surface area is 105 Å². The summed E-state index contributed by atoms with van der Waals surface area (Å²) >= 11 is 0. The molecule has 6 nitrogen and oxygen atoms in total. The van der Waals surface area contributed by atoms with Crippen LogP contribution in [-0.4, -0.2) is 27.4 Å². The van der Waals surface area contributed by atoms with E-state index in [1.165, 1.54) is 6.20 Å². The number of carbonyl (C=O) groups is 1. The van der Waals surface area contributed by atoms with E-state index in [9.17, 15) is 4.79 Å². The second-order valence-electron chi connectivity index (χ2n) is 3.86. The number of amides is 1. The van der Waals surface area contributed by atoms with Crippen LogP contribution in [0, 0.1) is 0 Å². The van der Waals surface area contributed by atoms with Gasteiger partial charge in [0.25, 0.3) is 5.91 Å². The number of nitrogens with zero attached hydrogens (tertiary/aromatic N) is 2. The molecule has 1 amide bonds. The number of nitrogens with two attached hydrogens (primary N) is 1. The van der Waals surface area contributed by atoms with Gasteiger partial charge in [-0.25, -0.2) is 9.97 Å². The van der Waals surface area contributed by atoms with Gasteiger partial charge >= 0.3 is 0 Å². The van der Waals surface area contributed by atoms with Gasteiger partial charge in [-0.05, 0) is 18.6 Å². The molecule has 0 saturated heterocycles. The van der Waals surface area contributed by atoms with Crippen LogP contribution in [0.3, 0.4) is 0 Å². The van der Waals surface area contributed by atoms with E-state index in [0.29, 0.717) is 17.9 Å². The fraction of sp³-hybridized carbons (Fsp3) is 0.250. The zero-order valence-corrected chi connectivity index (χ0v) is 9.89. The van der Waals surface area contributed by atoms with E-state index in [0.717, 1.165) is 18.7 Å². The molecule has 6 heteroatoms. The Morgan fingerprint density at radius 3 is 3.00 bits per heavy atom. The Bertz CT molecular complexity index is 509. The number of hydrogen-bond donors (Lipinski definition) is 3. The molecule has 0 atom stereocenters. The average Bonchev–Trinajstić information content (AvgIpc) is 2.87. The van der Waals surface area contributed by atoms with Crippen LogP contribution in [0.4, 0.5) is 5.82 Å². The Kier molecular flexibility index (Phi) is 3.90. The summed E-state index contributed by atoms with van der Waals surface area (Å²) in [7, 11) is 0. The van der Waals surface area contributed by atoms with E-state index in [1.807, 2.05) is 0 Å². The largest absolute Gasteiger partial charge is 0.384 e. The lowest BCUT2D eigenvalue weighted by Gasteiger charge is -2.04. The van der Waals surface area contributed by atoms with Crippen LogP contribution >= 0.6 is 0 Å². The first kappa shape index (κ1) is 12.1. The molecule has 0 radical (unpaired) electrons. The third-order valence-corrected chi connectivity index (χ3v) is 2.47. The Morgan fingerprint density at radius 2 is 2.28 bits per heavy atom. The van der Waals surface area contributed by atoms with E-state index >= 15 is 0 Å². The van der Waals surface area contributed by atoms with Gasteiger partial charge < -0.3 is 16.0 Å². The van der Waals surface area contributed by atoms with Crippen LogP contribution in [0.5, 0.6) is 0 Å². The van der Waals surface area contributed by atoms with Gasteiger partial charge in [-0.2, -0.15) is 0 Å². The number of anilines is 1. The maximum atomic E-state index is 11.7. The van der Waals surface area contributed by atoms with Crippen molar-refractivity contribution in [1.82, 2.24) is 20.3 Å². The predicted octanol–water partition coefficient (Wildman–Crippen LogP) is 0.749. The molecule has 0 unspecified atom stereocenters. The summed E-state index contributed by atoms with van der Waals surface area (Å²) in [5.41, 5.74) is 6.04. The number of carbonyl (C=O) groups excluding carboxylic acids is 1. The Hall–Kier alpha value is -2.37. The van der Waals surface area contributed by atoms with E-state index in [2.05, 4.69) is 20.3 Å². The molecular formula is C12H15N5O. The average molecular weight is 245 g/mol. The number of hydrogen-bond acceptors (Lipinski definition) is 4. The fourth-order valence-electron chi connectivity index (χ4n) is 1.58. The van der Waals surface area contributed by atoms with Crippen molar-refractivity contribution in [1.29, 1.82) is 0 Å². The standard InChI is InChI=1S/C12H15N5O/c13-10-8-9(3-5-14-10)12(18)17-4-1-2-11-15-6-7-16-11/h3,5-8H,1-2,4H2,(H2,13,14)(H,15,16)(H,17,18). The minimum Gasteiger partial charge on any atom is -0.384 e. The van der Waals surface area contributed by atoms with Gasteiger partial charge in [0.2, 0.25) is 0 Å². The lowest BCUT2D eigenvalue weighted by Crippen LogP contribution is -2.25. The SMILES string of the molecule is Nc1cc(C(=O)NCCCc2ncc[nH]2)ccn1. The number of aryl methyl sites for hydroxylation is 1. The molecule has 2 heterocycles. The molecule has 0 aliphatic carbocycles. The number of nitrogen functional groups attached to an aromatic ring is 1. The number of rotatable bonds is 5. The summed E-state index contributed by atoms with van der Waals surface area (Å²) in [6.07, 6.45) is 6.67. The molecule has 2 aromatic rings. The minimum absolute atomic E-state index is 0.136. The van der Waals surface area contributed by atoms with E-state index in [4.69, 9.17) is 5.73 Å². The molecule has 94 valence electrons. The van der Waals surface area contributed by atoms with E-state index in [-0.39, 0.29) is 5.91 Å². The molecule has 2 rings (SSSR count). The van der Waals surface area contributed by atoms with Crippen molar-refractivity contribution >= 4 is 11.7 Å². The molecule has 0 saturated carbocycles. The summed E-state index contributed by atoms with van der Waals surface area (Å²) in [6, 6.07) is 3.19. The van der Waals surface area contributed by atoms with Gasteiger partial charge in [-0.3, -0.25) is 4.79 Å². The van der Waals surface area contributed by atoms with Crippen LogP contribution in [0.1, 0.15) is 22.6 Å². The third-order valence-electron chi connectivity index (χ3n) is 2.47. The molecule has 0 bridgehead atoms. The number of H-pyrrole nitrogens is 1.